The van der Waals surface area contributed by atoms with E-state index in [4.69, 9.17) is 15.2 Å². The summed E-state index contributed by atoms with van der Waals surface area (Å²) >= 11 is 0. The van der Waals surface area contributed by atoms with Crippen LogP contribution in [0.15, 0.2) is 89.9 Å². The number of alkyl halides is 1. The molecule has 0 amide bonds. The molecule has 0 bridgehead atoms. The van der Waals surface area contributed by atoms with Crippen molar-refractivity contribution in [2.45, 2.75) is 63.8 Å². The molecule has 0 saturated carbocycles. The van der Waals surface area contributed by atoms with Crippen LogP contribution in [0.4, 0.5) is 17.7 Å². The van der Waals surface area contributed by atoms with Crippen molar-refractivity contribution in [2.24, 2.45) is 16.6 Å². The lowest BCUT2D eigenvalue weighted by molar-refractivity contribution is 0.0889. The van der Waals surface area contributed by atoms with Crippen LogP contribution in [-0.2, 0) is 11.4 Å². The summed E-state index contributed by atoms with van der Waals surface area (Å²) in [7, 11) is 0. The molecule has 1 aromatic carbocycles. The maximum absolute atomic E-state index is 15.0. The van der Waals surface area contributed by atoms with E-state index in [-0.39, 0.29) is 52.1 Å². The minimum Gasteiger partial charge on any atom is -0.493 e. The highest BCUT2D eigenvalue weighted by atomic mass is 19.2. The third-order valence-electron chi connectivity index (χ3n) is 7.38. The van der Waals surface area contributed by atoms with Gasteiger partial charge in [0.25, 0.3) is 0 Å². The van der Waals surface area contributed by atoms with Gasteiger partial charge in [0.1, 0.15) is 29.9 Å². The lowest BCUT2D eigenvalue weighted by Gasteiger charge is -2.32. The van der Waals surface area contributed by atoms with E-state index >= 15 is 0 Å². The van der Waals surface area contributed by atoms with Gasteiger partial charge in [-0.15, -0.1) is 0 Å². The molecule has 0 radical (unpaired) electrons. The minimum atomic E-state index is -1.30. The van der Waals surface area contributed by atoms with Gasteiger partial charge in [0.15, 0.2) is 6.10 Å². The minimum absolute atomic E-state index is 0.0189. The number of nitrogens with zero attached hydrogens (tertiary/aromatic N) is 2. The van der Waals surface area contributed by atoms with Crippen LogP contribution in [0.3, 0.4) is 0 Å². The fraction of sp³-hybridized carbons (Fsp3) is 0.406. The molecule has 4 unspecified atom stereocenters. The van der Waals surface area contributed by atoms with Gasteiger partial charge in [-0.3, -0.25) is 0 Å². The zero-order valence-electron chi connectivity index (χ0n) is 24.1. The van der Waals surface area contributed by atoms with Gasteiger partial charge in [-0.2, -0.15) is 4.79 Å². The molecule has 3 N–H and O–H groups in total. The molecule has 2 aromatic rings. The lowest BCUT2D eigenvalue weighted by Crippen LogP contribution is -2.42. The molecule has 6 nitrogen and oxygen atoms in total. The molecule has 1 aromatic heterocycles. The molecule has 226 valence electrons. The Kier molecular flexibility index (Phi) is 9.98. The fourth-order valence-electron chi connectivity index (χ4n) is 5.13. The number of hydrogen-bond donors (Lipinski definition) is 2. The first-order valence-corrected chi connectivity index (χ1v) is 13.9. The summed E-state index contributed by atoms with van der Waals surface area (Å²) in [5, 5.41) is 3.26. The zero-order valence-corrected chi connectivity index (χ0v) is 24.1. The third-order valence-corrected chi connectivity index (χ3v) is 7.38. The number of amidine groups is 1. The number of halogens is 4. The van der Waals surface area contributed by atoms with E-state index in [0.29, 0.717) is 6.61 Å². The van der Waals surface area contributed by atoms with Crippen molar-refractivity contribution in [3.63, 3.8) is 0 Å². The van der Waals surface area contributed by atoms with Gasteiger partial charge >= 0.3 is 0 Å². The number of allylic oxidation sites excluding steroid dienone is 4. The Morgan fingerprint density at radius 1 is 1.29 bits per heavy atom. The van der Waals surface area contributed by atoms with Gasteiger partial charge in [0.05, 0.1) is 24.0 Å². The van der Waals surface area contributed by atoms with Gasteiger partial charge in [0, 0.05) is 48.3 Å². The van der Waals surface area contributed by atoms with E-state index < -0.39 is 36.3 Å². The second-order valence-electron chi connectivity index (χ2n) is 11.5. The second kappa shape index (κ2) is 13.5. The van der Waals surface area contributed by atoms with Crippen molar-refractivity contribution >= 4 is 5.84 Å². The van der Waals surface area contributed by atoms with Crippen LogP contribution in [0.25, 0.3) is 0 Å². The number of fused-ring (bicyclic) bond motifs is 1. The van der Waals surface area contributed by atoms with Crippen LogP contribution in [-0.4, -0.2) is 35.4 Å². The molecule has 10 heteroatoms. The second-order valence-corrected chi connectivity index (χ2v) is 11.5. The quantitative estimate of drug-likeness (QED) is 0.166. The largest absolute Gasteiger partial charge is 0.493 e. The number of nitrogens with one attached hydrogen (secondary N) is 1. The van der Waals surface area contributed by atoms with Gasteiger partial charge in [0.2, 0.25) is 0 Å². The Balaban J connectivity index is 1.52. The van der Waals surface area contributed by atoms with Crippen molar-refractivity contribution in [2.75, 3.05) is 13.2 Å². The van der Waals surface area contributed by atoms with E-state index in [1.54, 1.807) is 6.20 Å². The Labute approximate surface area is 244 Å². The van der Waals surface area contributed by atoms with Crippen LogP contribution < -0.4 is 15.8 Å². The van der Waals surface area contributed by atoms with Crippen LogP contribution in [0, 0.1) is 5.92 Å². The van der Waals surface area contributed by atoms with Crippen molar-refractivity contribution < 1.29 is 27.1 Å². The predicted octanol–water partition coefficient (Wildman–Crippen LogP) is 7.22. The molecule has 0 spiro atoms. The van der Waals surface area contributed by atoms with Crippen LogP contribution in [0.5, 0.6) is 5.75 Å². The first-order chi connectivity index (χ1) is 20.0. The molecule has 42 heavy (non-hydrogen) atoms. The van der Waals surface area contributed by atoms with E-state index in [0.717, 1.165) is 23.9 Å². The Morgan fingerprint density at radius 3 is 2.76 bits per heavy atom. The fourth-order valence-corrected chi connectivity index (χ4v) is 5.13. The van der Waals surface area contributed by atoms with Crippen molar-refractivity contribution in [1.29, 1.82) is 0 Å². The molecule has 2 heterocycles. The van der Waals surface area contributed by atoms with E-state index in [9.17, 15) is 17.7 Å². The normalized spacial score (nSPS) is 20.8. The number of rotatable bonds is 11. The molecular weight excluding hydrogens is 548 g/mol. The summed E-state index contributed by atoms with van der Waals surface area (Å²) in [4.78, 5) is 4.48. The summed E-state index contributed by atoms with van der Waals surface area (Å²) in [5.74, 6) is -1.92. The summed E-state index contributed by atoms with van der Waals surface area (Å²) < 4.78 is 69.6. The van der Waals surface area contributed by atoms with Crippen LogP contribution in [0.1, 0.15) is 62.3 Å². The lowest BCUT2D eigenvalue weighted by atomic mass is 9.90. The molecule has 1 aliphatic heterocycles. The topological polar surface area (TPSA) is 73.8 Å². The monoisotopic (exact) mass is 586 g/mol. The van der Waals surface area contributed by atoms with Crippen LogP contribution in [0.2, 0.25) is 0 Å². The van der Waals surface area contributed by atoms with E-state index in [1.165, 1.54) is 18.2 Å². The van der Waals surface area contributed by atoms with Gasteiger partial charge in [-0.05, 0) is 57.0 Å². The van der Waals surface area contributed by atoms with Crippen molar-refractivity contribution in [1.82, 2.24) is 10.1 Å². The van der Waals surface area contributed by atoms with Crippen molar-refractivity contribution in [3.8, 4) is 5.75 Å². The summed E-state index contributed by atoms with van der Waals surface area (Å²) in [5.41, 5.74) is 6.89. The van der Waals surface area contributed by atoms with Gasteiger partial charge in [-0.25, -0.2) is 18.2 Å². The predicted molar refractivity (Wildman–Crippen MR) is 157 cm³/mol. The molecule has 0 saturated heterocycles. The maximum Gasteiger partial charge on any atom is 0.157 e. The third kappa shape index (κ3) is 7.53. The molecule has 2 aliphatic rings. The smallest absolute Gasteiger partial charge is 0.157 e. The number of ether oxygens (including phenoxy) is 2. The number of para-hydroxylation sites is 1. The van der Waals surface area contributed by atoms with Gasteiger partial charge < -0.3 is 20.5 Å². The highest BCUT2D eigenvalue weighted by molar-refractivity contribution is 5.86. The number of nitrogens with two attached hydrogens (primary N) is 1. The van der Waals surface area contributed by atoms with Crippen molar-refractivity contribution in [3.05, 3.63) is 102 Å². The average Bonchev–Trinajstić information content (AvgIpc) is 3.32. The Bertz CT molecular complexity index is 1390. The Hall–Kier alpha value is -3.79. The van der Waals surface area contributed by atoms with E-state index in [1.807, 2.05) is 51.1 Å². The van der Waals surface area contributed by atoms with E-state index in [2.05, 4.69) is 16.9 Å². The zero-order chi connectivity index (χ0) is 30.4. The Morgan fingerprint density at radius 2 is 2.05 bits per heavy atom. The molecule has 1 aliphatic carbocycles. The summed E-state index contributed by atoms with van der Waals surface area (Å²) in [6.07, 6.45) is 6.59. The number of aromatic nitrogens is 1. The van der Waals surface area contributed by atoms with Crippen LogP contribution >= 0.6 is 0 Å². The first-order valence-electron chi connectivity index (χ1n) is 13.9. The maximum atomic E-state index is 15.0. The summed E-state index contributed by atoms with van der Waals surface area (Å²) in [6, 6.07) is 9.16. The SMILES string of the molecule is C=C(F)C(OC1=CC=C(F)C(C(N)=N/C=C/C2CCOc3ccccc32)C1)C(CNC(C)(C)C)c1ccn(F)c1CF. The molecule has 4 rings (SSSR count). The number of aliphatic imine (C=N–C) groups is 1. The first kappa shape index (κ1) is 31.2. The highest BCUT2D eigenvalue weighted by Crippen LogP contribution is 2.36. The molecule has 4 atom stereocenters. The molecular formula is C32H38F4N4O2. The highest BCUT2D eigenvalue weighted by Gasteiger charge is 2.34. The number of benzene rings is 1. The van der Waals surface area contributed by atoms with Gasteiger partial charge in [-0.1, -0.05) is 35.3 Å². The summed E-state index contributed by atoms with van der Waals surface area (Å²) in [6.45, 7) is 8.82. The standard InChI is InChI=1S/C32H38F4N4O2/c1-20(34)30(26(19-39-32(2,3)4)24-12-15-40(36)28(24)18-33)42-22-9-10-27(35)25(17-22)31(37)38-14-11-21-13-16-41-29-8-6-5-7-23(21)29/h5-12,14-15,21,25-26,30,39H,1,13,16-19H2,2-4H3,(H2,37,38)/b14-11+. The number of hydrogen-bond acceptors (Lipinski definition) is 4. The average molecular weight is 587 g/mol. The molecule has 0 fully saturated rings.